The van der Waals surface area contributed by atoms with Crippen LogP contribution in [-0.4, -0.2) is 37.2 Å². The van der Waals surface area contributed by atoms with Crippen molar-refractivity contribution in [1.82, 2.24) is 5.16 Å². The van der Waals surface area contributed by atoms with Gasteiger partial charge in [-0.2, -0.15) is 0 Å². The molecule has 126 valence electrons. The summed E-state index contributed by atoms with van der Waals surface area (Å²) < 4.78 is 14.2. The molecule has 0 aliphatic carbocycles. The first-order valence-electron chi connectivity index (χ1n) is 6.97. The van der Waals surface area contributed by atoms with Gasteiger partial charge in [-0.3, -0.25) is 4.79 Å². The fourth-order valence-electron chi connectivity index (χ4n) is 2.04. The molecule has 0 aliphatic rings. The van der Waals surface area contributed by atoms with Crippen LogP contribution in [0, 0.1) is 6.92 Å². The van der Waals surface area contributed by atoms with E-state index in [-0.39, 0.29) is 23.2 Å². The van der Waals surface area contributed by atoms with Crippen LogP contribution < -0.4 is 5.32 Å². The molecule has 0 fully saturated rings. The van der Waals surface area contributed by atoms with Crippen molar-refractivity contribution < 1.29 is 28.4 Å². The van der Waals surface area contributed by atoms with Crippen LogP contribution in [-0.2, 0) is 20.7 Å². The number of nitrogens with zero attached hydrogens (tertiary/aromatic N) is 1. The molecule has 1 amide bonds. The maximum absolute atomic E-state index is 12.1. The van der Waals surface area contributed by atoms with Crippen LogP contribution in [0.1, 0.15) is 32.2 Å². The van der Waals surface area contributed by atoms with Gasteiger partial charge in [0.1, 0.15) is 5.76 Å². The van der Waals surface area contributed by atoms with Gasteiger partial charge in [-0.05, 0) is 25.1 Å². The minimum absolute atomic E-state index is 0.0413. The predicted molar refractivity (Wildman–Crippen MR) is 82.7 cm³/mol. The first-order chi connectivity index (χ1) is 11.4. The van der Waals surface area contributed by atoms with Gasteiger partial charge in [0.25, 0.3) is 0 Å². The van der Waals surface area contributed by atoms with Crippen molar-refractivity contribution in [1.29, 1.82) is 0 Å². The lowest BCUT2D eigenvalue weighted by Gasteiger charge is -2.11. The van der Waals surface area contributed by atoms with E-state index >= 15 is 0 Å². The van der Waals surface area contributed by atoms with Gasteiger partial charge >= 0.3 is 11.9 Å². The van der Waals surface area contributed by atoms with Crippen LogP contribution in [0.5, 0.6) is 0 Å². The summed E-state index contributed by atoms with van der Waals surface area (Å²) >= 11 is 0. The van der Waals surface area contributed by atoms with Gasteiger partial charge in [-0.25, -0.2) is 9.59 Å². The fraction of sp³-hybridized carbons (Fsp3) is 0.250. The van der Waals surface area contributed by atoms with E-state index < -0.39 is 17.8 Å². The monoisotopic (exact) mass is 332 g/mol. The Morgan fingerprint density at radius 3 is 2.42 bits per heavy atom. The zero-order valence-corrected chi connectivity index (χ0v) is 13.4. The highest BCUT2D eigenvalue weighted by Crippen LogP contribution is 2.20. The molecule has 0 unspecified atom stereocenters. The van der Waals surface area contributed by atoms with E-state index in [1.54, 1.807) is 13.0 Å². The SMILES string of the molecule is COC(=O)c1ccc(C(=O)OC)c(NC(=O)Cc2cc(C)on2)c1. The molecule has 0 radical (unpaired) electrons. The molecule has 0 aliphatic heterocycles. The van der Waals surface area contributed by atoms with Gasteiger partial charge < -0.3 is 19.3 Å². The van der Waals surface area contributed by atoms with Gasteiger partial charge in [-0.1, -0.05) is 5.16 Å². The summed E-state index contributed by atoms with van der Waals surface area (Å²) in [6, 6.07) is 5.78. The van der Waals surface area contributed by atoms with Gasteiger partial charge in [0.2, 0.25) is 5.91 Å². The minimum Gasteiger partial charge on any atom is -0.465 e. The molecule has 0 atom stereocenters. The van der Waals surface area contributed by atoms with E-state index in [0.717, 1.165) is 0 Å². The van der Waals surface area contributed by atoms with Crippen LogP contribution in [0.3, 0.4) is 0 Å². The zero-order chi connectivity index (χ0) is 17.7. The Hall–Kier alpha value is -3.16. The second-order valence-electron chi connectivity index (χ2n) is 4.90. The number of aromatic nitrogens is 1. The molecular formula is C16H16N2O6. The van der Waals surface area contributed by atoms with Crippen LogP contribution in [0.15, 0.2) is 28.8 Å². The van der Waals surface area contributed by atoms with Gasteiger partial charge in [0.15, 0.2) is 0 Å². The Morgan fingerprint density at radius 1 is 1.12 bits per heavy atom. The third-order valence-electron chi connectivity index (χ3n) is 3.14. The summed E-state index contributed by atoms with van der Waals surface area (Å²) in [4.78, 5) is 35.6. The summed E-state index contributed by atoms with van der Waals surface area (Å²) in [7, 11) is 2.46. The third-order valence-corrected chi connectivity index (χ3v) is 3.14. The molecule has 2 aromatic rings. The summed E-state index contributed by atoms with van der Waals surface area (Å²) in [6.07, 6.45) is -0.0413. The van der Waals surface area contributed by atoms with Crippen molar-refractivity contribution in [2.75, 3.05) is 19.5 Å². The molecule has 2 rings (SSSR count). The number of carbonyl (C=O) groups excluding carboxylic acids is 3. The lowest BCUT2D eigenvalue weighted by atomic mass is 10.1. The number of esters is 2. The molecule has 1 aromatic carbocycles. The Morgan fingerprint density at radius 2 is 1.83 bits per heavy atom. The van der Waals surface area contributed by atoms with Crippen molar-refractivity contribution >= 4 is 23.5 Å². The summed E-state index contributed by atoms with van der Waals surface area (Å²) in [5, 5.41) is 6.30. The Labute approximate surface area is 137 Å². The number of rotatable bonds is 5. The molecule has 0 bridgehead atoms. The largest absolute Gasteiger partial charge is 0.465 e. The van der Waals surface area contributed by atoms with Gasteiger partial charge in [-0.15, -0.1) is 0 Å². The average molecular weight is 332 g/mol. The van der Waals surface area contributed by atoms with Crippen LogP contribution in [0.4, 0.5) is 5.69 Å². The third kappa shape index (κ3) is 3.97. The maximum atomic E-state index is 12.1. The normalized spacial score (nSPS) is 10.1. The summed E-state index contributed by atoms with van der Waals surface area (Å²) in [5.41, 5.74) is 0.913. The van der Waals surface area contributed by atoms with Crippen LogP contribution in [0.25, 0.3) is 0 Å². The van der Waals surface area contributed by atoms with Crippen molar-refractivity contribution in [3.63, 3.8) is 0 Å². The quantitative estimate of drug-likeness (QED) is 0.831. The molecule has 1 heterocycles. The highest BCUT2D eigenvalue weighted by molar-refractivity contribution is 6.03. The number of amides is 1. The molecule has 8 heteroatoms. The first kappa shape index (κ1) is 17.2. The van der Waals surface area contributed by atoms with E-state index in [9.17, 15) is 14.4 Å². The number of nitrogens with one attached hydrogen (secondary N) is 1. The van der Waals surface area contributed by atoms with Crippen molar-refractivity contribution in [2.45, 2.75) is 13.3 Å². The van der Waals surface area contributed by atoms with Crippen molar-refractivity contribution in [2.24, 2.45) is 0 Å². The topological polar surface area (TPSA) is 108 Å². The van der Waals surface area contributed by atoms with Crippen molar-refractivity contribution in [3.05, 3.63) is 46.8 Å². The van der Waals surface area contributed by atoms with E-state index in [2.05, 4.69) is 19.9 Å². The zero-order valence-electron chi connectivity index (χ0n) is 13.4. The highest BCUT2D eigenvalue weighted by Gasteiger charge is 2.18. The van der Waals surface area contributed by atoms with E-state index in [4.69, 9.17) is 4.52 Å². The highest BCUT2D eigenvalue weighted by atomic mass is 16.5. The number of hydrogen-bond donors (Lipinski definition) is 1. The second kappa shape index (κ2) is 7.40. The molecule has 0 spiro atoms. The summed E-state index contributed by atoms with van der Waals surface area (Å²) in [6.45, 7) is 1.71. The van der Waals surface area contributed by atoms with E-state index in [1.165, 1.54) is 32.4 Å². The molecule has 1 N–H and O–H groups in total. The first-order valence-corrected chi connectivity index (χ1v) is 6.97. The Kier molecular flexibility index (Phi) is 5.31. The number of benzene rings is 1. The standard InChI is InChI=1S/C16H16N2O6/c1-9-6-11(18-24-9)8-14(19)17-13-7-10(15(20)22-2)4-5-12(13)16(21)23-3/h4-7H,8H2,1-3H3,(H,17,19). The van der Waals surface area contributed by atoms with Gasteiger partial charge in [0.05, 0.1) is 43.1 Å². The fourth-order valence-corrected chi connectivity index (χ4v) is 2.04. The lowest BCUT2D eigenvalue weighted by molar-refractivity contribution is -0.115. The lowest BCUT2D eigenvalue weighted by Crippen LogP contribution is -2.18. The minimum atomic E-state index is -0.640. The van der Waals surface area contributed by atoms with Crippen LogP contribution in [0.2, 0.25) is 0 Å². The summed E-state index contributed by atoms with van der Waals surface area (Å²) in [5.74, 6) is -1.07. The second-order valence-corrected chi connectivity index (χ2v) is 4.90. The Bertz CT molecular complexity index is 781. The van der Waals surface area contributed by atoms with Gasteiger partial charge in [0, 0.05) is 6.07 Å². The average Bonchev–Trinajstić information content (AvgIpc) is 2.97. The number of ether oxygens (including phenoxy) is 2. The maximum Gasteiger partial charge on any atom is 0.339 e. The molecule has 8 nitrogen and oxygen atoms in total. The van der Waals surface area contributed by atoms with Crippen molar-refractivity contribution in [3.8, 4) is 0 Å². The molecular weight excluding hydrogens is 316 g/mol. The number of carbonyl (C=O) groups is 3. The number of hydrogen-bond acceptors (Lipinski definition) is 7. The van der Waals surface area contributed by atoms with E-state index in [1.807, 2.05) is 0 Å². The van der Waals surface area contributed by atoms with Crippen LogP contribution >= 0.6 is 0 Å². The molecule has 1 aromatic heterocycles. The smallest absolute Gasteiger partial charge is 0.339 e. The predicted octanol–water partition coefficient (Wildman–Crippen LogP) is 1.74. The van der Waals surface area contributed by atoms with E-state index in [0.29, 0.717) is 11.5 Å². The number of methoxy groups -OCH3 is 2. The number of aryl methyl sites for hydroxylation is 1. The number of anilines is 1. The molecule has 0 saturated heterocycles. The Balaban J connectivity index is 2.26. The molecule has 0 saturated carbocycles. The molecule has 24 heavy (non-hydrogen) atoms.